The van der Waals surface area contributed by atoms with Gasteiger partial charge < -0.3 is 9.15 Å². The third-order valence-corrected chi connectivity index (χ3v) is 4.35. The molecule has 0 aliphatic carbocycles. The Morgan fingerprint density at radius 3 is 2.83 bits per heavy atom. The summed E-state index contributed by atoms with van der Waals surface area (Å²) in [7, 11) is 1.65. The summed E-state index contributed by atoms with van der Waals surface area (Å²) in [5.41, 5.74) is 3.70. The lowest BCUT2D eigenvalue weighted by Gasteiger charge is -2.27. The molecule has 5 nitrogen and oxygen atoms in total. The highest BCUT2D eigenvalue weighted by Crippen LogP contribution is 2.24. The van der Waals surface area contributed by atoms with Crippen molar-refractivity contribution in [3.8, 4) is 17.2 Å². The second-order valence-corrected chi connectivity index (χ2v) is 5.96. The maximum Gasteiger partial charge on any atom is 0.247 e. The van der Waals surface area contributed by atoms with Crippen LogP contribution in [0.3, 0.4) is 0 Å². The summed E-state index contributed by atoms with van der Waals surface area (Å²) in [5, 5.41) is 8.37. The van der Waals surface area contributed by atoms with Crippen molar-refractivity contribution in [1.29, 1.82) is 0 Å². The van der Waals surface area contributed by atoms with E-state index >= 15 is 0 Å². The maximum absolute atomic E-state index is 5.84. The molecule has 0 N–H and O–H groups in total. The predicted molar refractivity (Wildman–Crippen MR) is 90.5 cm³/mol. The molecule has 0 amide bonds. The standard InChI is InChI=1S/C19H19N3O2/c1-23-17-8-4-7-15(11-17)19-21-20-18(24-19)13-22-10-9-14-5-2-3-6-16(14)12-22/h2-8,11H,9-10,12-13H2,1H3. The van der Waals surface area contributed by atoms with Gasteiger partial charge in [0, 0.05) is 18.7 Å². The van der Waals surface area contributed by atoms with Gasteiger partial charge in [-0.15, -0.1) is 10.2 Å². The van der Waals surface area contributed by atoms with Gasteiger partial charge in [0.1, 0.15) is 5.75 Å². The first-order chi connectivity index (χ1) is 11.8. The Morgan fingerprint density at radius 2 is 1.96 bits per heavy atom. The van der Waals surface area contributed by atoms with Gasteiger partial charge in [0.25, 0.3) is 0 Å². The summed E-state index contributed by atoms with van der Waals surface area (Å²) in [6.07, 6.45) is 1.06. The van der Waals surface area contributed by atoms with Crippen molar-refractivity contribution >= 4 is 0 Å². The van der Waals surface area contributed by atoms with Crippen LogP contribution in [0.15, 0.2) is 52.9 Å². The van der Waals surface area contributed by atoms with Crippen molar-refractivity contribution in [3.05, 3.63) is 65.5 Å². The zero-order valence-corrected chi connectivity index (χ0v) is 13.6. The van der Waals surface area contributed by atoms with Gasteiger partial charge in [-0.25, -0.2) is 0 Å². The molecule has 1 aliphatic heterocycles. The Hall–Kier alpha value is -2.66. The number of hydrogen-bond acceptors (Lipinski definition) is 5. The fourth-order valence-corrected chi connectivity index (χ4v) is 3.07. The van der Waals surface area contributed by atoms with Crippen molar-refractivity contribution in [2.24, 2.45) is 0 Å². The Kier molecular flexibility index (Phi) is 4.01. The summed E-state index contributed by atoms with van der Waals surface area (Å²) >= 11 is 0. The number of benzene rings is 2. The molecule has 0 radical (unpaired) electrons. The lowest BCUT2D eigenvalue weighted by Crippen LogP contribution is -2.30. The second kappa shape index (κ2) is 6.45. The number of fused-ring (bicyclic) bond motifs is 1. The van der Waals surface area contributed by atoms with Gasteiger partial charge in [0.15, 0.2) is 0 Å². The van der Waals surface area contributed by atoms with E-state index in [1.807, 2.05) is 24.3 Å². The minimum absolute atomic E-state index is 0.529. The van der Waals surface area contributed by atoms with E-state index in [9.17, 15) is 0 Å². The van der Waals surface area contributed by atoms with E-state index < -0.39 is 0 Å². The molecule has 1 aromatic heterocycles. The van der Waals surface area contributed by atoms with Crippen LogP contribution >= 0.6 is 0 Å². The minimum atomic E-state index is 0.529. The quantitative estimate of drug-likeness (QED) is 0.738. The predicted octanol–water partition coefficient (Wildman–Crippen LogP) is 3.30. The van der Waals surface area contributed by atoms with Crippen LogP contribution in [-0.4, -0.2) is 28.8 Å². The smallest absolute Gasteiger partial charge is 0.247 e. The topological polar surface area (TPSA) is 51.4 Å². The van der Waals surface area contributed by atoms with Gasteiger partial charge in [0.05, 0.1) is 13.7 Å². The molecule has 0 unspecified atom stereocenters. The molecule has 122 valence electrons. The molecular weight excluding hydrogens is 302 g/mol. The van der Waals surface area contributed by atoms with Gasteiger partial charge in [-0.1, -0.05) is 30.3 Å². The Labute approximate surface area is 140 Å². The van der Waals surface area contributed by atoms with Crippen LogP contribution in [0.2, 0.25) is 0 Å². The molecule has 0 spiro atoms. The average Bonchev–Trinajstić information content (AvgIpc) is 3.10. The first-order valence-electron chi connectivity index (χ1n) is 8.08. The van der Waals surface area contributed by atoms with Crippen LogP contribution in [0.4, 0.5) is 0 Å². The zero-order valence-electron chi connectivity index (χ0n) is 13.6. The van der Waals surface area contributed by atoms with Crippen molar-refractivity contribution in [2.75, 3.05) is 13.7 Å². The molecule has 0 atom stereocenters. The lowest BCUT2D eigenvalue weighted by atomic mass is 10.00. The molecule has 4 rings (SSSR count). The lowest BCUT2D eigenvalue weighted by molar-refractivity contribution is 0.222. The first kappa shape index (κ1) is 14.9. The van der Waals surface area contributed by atoms with Crippen molar-refractivity contribution in [2.45, 2.75) is 19.5 Å². The van der Waals surface area contributed by atoms with Crippen molar-refractivity contribution in [3.63, 3.8) is 0 Å². The number of nitrogens with zero attached hydrogens (tertiary/aromatic N) is 3. The van der Waals surface area contributed by atoms with Gasteiger partial charge in [-0.2, -0.15) is 0 Å². The molecule has 0 saturated carbocycles. The molecule has 0 fully saturated rings. The summed E-state index contributed by atoms with van der Waals surface area (Å²) < 4.78 is 11.1. The van der Waals surface area contributed by atoms with Crippen LogP contribution in [0.1, 0.15) is 17.0 Å². The number of rotatable bonds is 4. The van der Waals surface area contributed by atoms with Gasteiger partial charge in [-0.05, 0) is 35.7 Å². The fraction of sp³-hybridized carbons (Fsp3) is 0.263. The molecule has 2 heterocycles. The molecule has 0 bridgehead atoms. The van der Waals surface area contributed by atoms with Crippen LogP contribution in [0.25, 0.3) is 11.5 Å². The van der Waals surface area contributed by atoms with Gasteiger partial charge >= 0.3 is 0 Å². The summed E-state index contributed by atoms with van der Waals surface area (Å²) in [4.78, 5) is 2.34. The summed E-state index contributed by atoms with van der Waals surface area (Å²) in [6, 6.07) is 16.2. The monoisotopic (exact) mass is 321 g/mol. The number of ether oxygens (including phenoxy) is 1. The van der Waals surface area contributed by atoms with Crippen LogP contribution in [-0.2, 0) is 19.5 Å². The molecule has 5 heteroatoms. The van der Waals surface area contributed by atoms with E-state index in [-0.39, 0.29) is 0 Å². The van der Waals surface area contributed by atoms with E-state index in [1.165, 1.54) is 11.1 Å². The van der Waals surface area contributed by atoms with E-state index in [0.29, 0.717) is 18.3 Å². The molecule has 2 aromatic carbocycles. The summed E-state index contributed by atoms with van der Waals surface area (Å²) in [6.45, 7) is 2.60. The molecular formula is C19H19N3O2. The van der Waals surface area contributed by atoms with Crippen molar-refractivity contribution < 1.29 is 9.15 Å². The van der Waals surface area contributed by atoms with E-state index in [4.69, 9.17) is 9.15 Å². The van der Waals surface area contributed by atoms with E-state index in [2.05, 4.69) is 39.4 Å². The summed E-state index contributed by atoms with van der Waals surface area (Å²) in [5.74, 6) is 1.95. The fourth-order valence-electron chi connectivity index (χ4n) is 3.07. The Balaban J connectivity index is 1.48. The highest BCUT2D eigenvalue weighted by atomic mass is 16.5. The third-order valence-electron chi connectivity index (χ3n) is 4.35. The normalized spacial score (nSPS) is 14.4. The largest absolute Gasteiger partial charge is 0.497 e. The highest BCUT2D eigenvalue weighted by Gasteiger charge is 2.18. The van der Waals surface area contributed by atoms with Crippen LogP contribution in [0.5, 0.6) is 5.75 Å². The number of aromatic nitrogens is 2. The average molecular weight is 321 g/mol. The van der Waals surface area contributed by atoms with E-state index in [1.54, 1.807) is 7.11 Å². The molecule has 24 heavy (non-hydrogen) atoms. The molecule has 1 aliphatic rings. The highest BCUT2D eigenvalue weighted by molar-refractivity contribution is 5.55. The van der Waals surface area contributed by atoms with Crippen molar-refractivity contribution in [1.82, 2.24) is 15.1 Å². The minimum Gasteiger partial charge on any atom is -0.497 e. The SMILES string of the molecule is COc1cccc(-c2nnc(CN3CCc4ccccc4C3)o2)c1. The second-order valence-electron chi connectivity index (χ2n) is 5.96. The Morgan fingerprint density at radius 1 is 1.08 bits per heavy atom. The maximum atomic E-state index is 5.84. The van der Waals surface area contributed by atoms with Gasteiger partial charge in [-0.3, -0.25) is 4.90 Å². The third kappa shape index (κ3) is 3.03. The molecule has 0 saturated heterocycles. The Bertz CT molecular complexity index is 844. The number of hydrogen-bond donors (Lipinski definition) is 0. The van der Waals surface area contributed by atoms with E-state index in [0.717, 1.165) is 30.8 Å². The van der Waals surface area contributed by atoms with Crippen LogP contribution < -0.4 is 4.74 Å². The first-order valence-corrected chi connectivity index (χ1v) is 8.08. The zero-order chi connectivity index (χ0) is 16.4. The number of methoxy groups -OCH3 is 1. The molecule has 3 aromatic rings. The van der Waals surface area contributed by atoms with Crippen LogP contribution in [0, 0.1) is 0 Å². The van der Waals surface area contributed by atoms with Gasteiger partial charge in [0.2, 0.25) is 11.8 Å².